The Kier molecular flexibility index (Phi) is 6.56. The summed E-state index contributed by atoms with van der Waals surface area (Å²) < 4.78 is 40.5. The average Bonchev–Trinajstić information content (AvgIpc) is 3.23. The highest BCUT2D eigenvalue weighted by Crippen LogP contribution is 2.34. The molecule has 0 aliphatic carbocycles. The summed E-state index contributed by atoms with van der Waals surface area (Å²) in [5.41, 5.74) is 1.46. The van der Waals surface area contributed by atoms with Crippen molar-refractivity contribution in [3.05, 3.63) is 45.6 Å². The van der Waals surface area contributed by atoms with Gasteiger partial charge in [0.15, 0.2) is 11.0 Å². The van der Waals surface area contributed by atoms with Crippen LogP contribution in [0.5, 0.6) is 0 Å². The molecule has 0 aliphatic rings. The van der Waals surface area contributed by atoms with Gasteiger partial charge in [-0.3, -0.25) is 9.36 Å². The van der Waals surface area contributed by atoms with E-state index in [1.807, 2.05) is 37.6 Å². The standard InChI is InChI=1S/C20H21F3N4OS2/c1-11(2)27-18(16-9-29-13(4)12(16)3)25-26-19(27)30-10-17(28)24-15-7-5-6-14(8-15)20(21,22)23/h5-9,11H,10H2,1-4H3,(H,24,28). The highest BCUT2D eigenvalue weighted by atomic mass is 32.2. The number of anilines is 1. The van der Waals surface area contributed by atoms with Crippen LogP contribution >= 0.6 is 23.1 Å². The third-order valence-electron chi connectivity index (χ3n) is 4.51. The number of thioether (sulfide) groups is 1. The molecule has 2 aromatic heterocycles. The van der Waals surface area contributed by atoms with Gasteiger partial charge in [-0.25, -0.2) is 0 Å². The van der Waals surface area contributed by atoms with Crippen LogP contribution in [0.2, 0.25) is 0 Å². The first-order chi connectivity index (χ1) is 14.1. The molecule has 0 atom stereocenters. The molecule has 0 fully saturated rings. The van der Waals surface area contributed by atoms with E-state index in [0.717, 1.165) is 29.1 Å². The number of thiophene rings is 1. The molecule has 160 valence electrons. The van der Waals surface area contributed by atoms with E-state index in [9.17, 15) is 18.0 Å². The fourth-order valence-electron chi connectivity index (χ4n) is 2.86. The third-order valence-corrected chi connectivity index (χ3v) is 6.47. The summed E-state index contributed by atoms with van der Waals surface area (Å²) in [4.78, 5) is 13.5. The Balaban J connectivity index is 1.73. The fraction of sp³-hybridized carbons (Fsp3) is 0.350. The molecule has 0 aliphatic heterocycles. The molecule has 1 aromatic carbocycles. The number of nitrogens with one attached hydrogen (secondary N) is 1. The lowest BCUT2D eigenvalue weighted by Crippen LogP contribution is -2.16. The van der Waals surface area contributed by atoms with Crippen molar-refractivity contribution in [1.82, 2.24) is 14.8 Å². The van der Waals surface area contributed by atoms with Crippen LogP contribution in [-0.2, 0) is 11.0 Å². The number of hydrogen-bond donors (Lipinski definition) is 1. The quantitative estimate of drug-likeness (QED) is 0.467. The van der Waals surface area contributed by atoms with E-state index in [0.29, 0.717) is 5.16 Å². The molecule has 5 nitrogen and oxygen atoms in total. The van der Waals surface area contributed by atoms with Crippen LogP contribution in [-0.4, -0.2) is 26.4 Å². The van der Waals surface area contributed by atoms with Crippen molar-refractivity contribution < 1.29 is 18.0 Å². The Hall–Kier alpha value is -2.33. The molecular formula is C20H21F3N4OS2. The predicted octanol–water partition coefficient (Wildman–Crippen LogP) is 5.95. The minimum absolute atomic E-state index is 0.00272. The zero-order chi connectivity index (χ0) is 22.1. The summed E-state index contributed by atoms with van der Waals surface area (Å²) in [6.07, 6.45) is -4.46. The number of amides is 1. The van der Waals surface area contributed by atoms with E-state index >= 15 is 0 Å². The van der Waals surface area contributed by atoms with Gasteiger partial charge in [-0.05, 0) is 51.5 Å². The molecule has 1 N–H and O–H groups in total. The van der Waals surface area contributed by atoms with Crippen molar-refractivity contribution in [3.63, 3.8) is 0 Å². The van der Waals surface area contributed by atoms with Gasteiger partial charge in [0, 0.05) is 27.5 Å². The first-order valence-electron chi connectivity index (χ1n) is 9.17. The number of carbonyl (C=O) groups is 1. The second kappa shape index (κ2) is 8.81. The minimum Gasteiger partial charge on any atom is -0.325 e. The minimum atomic E-state index is -4.46. The summed E-state index contributed by atoms with van der Waals surface area (Å²) in [7, 11) is 0. The number of benzene rings is 1. The number of aromatic nitrogens is 3. The Morgan fingerprint density at radius 3 is 2.60 bits per heavy atom. The number of nitrogens with zero attached hydrogens (tertiary/aromatic N) is 3. The maximum absolute atomic E-state index is 12.8. The molecule has 3 aromatic rings. The van der Waals surface area contributed by atoms with Gasteiger partial charge in [-0.1, -0.05) is 17.8 Å². The molecule has 2 heterocycles. The lowest BCUT2D eigenvalue weighted by Gasteiger charge is -2.14. The largest absolute Gasteiger partial charge is 0.416 e. The van der Waals surface area contributed by atoms with Gasteiger partial charge in [0.05, 0.1) is 11.3 Å². The van der Waals surface area contributed by atoms with Crippen molar-refractivity contribution in [3.8, 4) is 11.4 Å². The number of alkyl halides is 3. The smallest absolute Gasteiger partial charge is 0.325 e. The van der Waals surface area contributed by atoms with Gasteiger partial charge in [-0.15, -0.1) is 21.5 Å². The Morgan fingerprint density at radius 1 is 1.27 bits per heavy atom. The van der Waals surface area contributed by atoms with Crippen molar-refractivity contribution in [1.29, 1.82) is 0 Å². The molecule has 0 radical (unpaired) electrons. The monoisotopic (exact) mass is 454 g/mol. The molecule has 0 spiro atoms. The second-order valence-corrected chi connectivity index (χ2v) is 9.04. The summed E-state index contributed by atoms with van der Waals surface area (Å²) in [5, 5.41) is 13.7. The average molecular weight is 455 g/mol. The number of carbonyl (C=O) groups excluding carboxylic acids is 1. The molecule has 0 unspecified atom stereocenters. The van der Waals surface area contributed by atoms with Gasteiger partial charge in [-0.2, -0.15) is 13.2 Å². The number of aryl methyl sites for hydroxylation is 1. The summed E-state index contributed by atoms with van der Waals surface area (Å²) >= 11 is 2.84. The molecule has 10 heteroatoms. The highest BCUT2D eigenvalue weighted by molar-refractivity contribution is 7.99. The van der Waals surface area contributed by atoms with Crippen molar-refractivity contribution in [2.24, 2.45) is 0 Å². The van der Waals surface area contributed by atoms with Gasteiger partial charge in [0.1, 0.15) is 0 Å². The lowest BCUT2D eigenvalue weighted by atomic mass is 10.1. The molecular weight excluding hydrogens is 433 g/mol. The van der Waals surface area contributed by atoms with Crippen molar-refractivity contribution >= 4 is 34.7 Å². The topological polar surface area (TPSA) is 59.8 Å². The Labute approximate surface area is 180 Å². The third kappa shape index (κ3) is 4.86. The number of hydrogen-bond acceptors (Lipinski definition) is 5. The van der Waals surface area contributed by atoms with Crippen LogP contribution in [0.4, 0.5) is 18.9 Å². The van der Waals surface area contributed by atoms with Crippen LogP contribution in [0.3, 0.4) is 0 Å². The van der Waals surface area contributed by atoms with Crippen LogP contribution in [0.15, 0.2) is 34.8 Å². The molecule has 1 amide bonds. The van der Waals surface area contributed by atoms with Gasteiger partial charge < -0.3 is 5.32 Å². The first-order valence-corrected chi connectivity index (χ1v) is 11.0. The summed E-state index contributed by atoms with van der Waals surface area (Å²) in [5.74, 6) is 0.331. The predicted molar refractivity (Wildman–Crippen MR) is 114 cm³/mol. The van der Waals surface area contributed by atoms with Crippen LogP contribution < -0.4 is 5.32 Å². The van der Waals surface area contributed by atoms with E-state index in [1.54, 1.807) is 11.3 Å². The zero-order valence-corrected chi connectivity index (χ0v) is 18.5. The Bertz CT molecular complexity index is 1060. The summed E-state index contributed by atoms with van der Waals surface area (Å²) in [6.45, 7) is 8.10. The van der Waals surface area contributed by atoms with Crippen molar-refractivity contribution in [2.45, 2.75) is 45.1 Å². The van der Waals surface area contributed by atoms with Gasteiger partial charge >= 0.3 is 6.18 Å². The van der Waals surface area contributed by atoms with Crippen LogP contribution in [0.25, 0.3) is 11.4 Å². The number of halogens is 3. The van der Waals surface area contributed by atoms with E-state index in [1.165, 1.54) is 28.8 Å². The Morgan fingerprint density at radius 2 is 2.00 bits per heavy atom. The van der Waals surface area contributed by atoms with E-state index in [-0.39, 0.29) is 17.5 Å². The summed E-state index contributed by atoms with van der Waals surface area (Å²) in [6, 6.07) is 4.64. The molecule has 0 saturated heterocycles. The lowest BCUT2D eigenvalue weighted by molar-refractivity contribution is -0.137. The second-order valence-electron chi connectivity index (χ2n) is 7.02. The van der Waals surface area contributed by atoms with Crippen LogP contribution in [0.1, 0.15) is 35.9 Å². The highest BCUT2D eigenvalue weighted by Gasteiger charge is 2.30. The first kappa shape index (κ1) is 22.4. The molecule has 3 rings (SSSR count). The maximum Gasteiger partial charge on any atom is 0.416 e. The van der Waals surface area contributed by atoms with Gasteiger partial charge in [0.25, 0.3) is 0 Å². The normalized spacial score (nSPS) is 11.9. The molecule has 0 saturated carbocycles. The maximum atomic E-state index is 12.8. The zero-order valence-electron chi connectivity index (χ0n) is 16.9. The van der Waals surface area contributed by atoms with Gasteiger partial charge in [0.2, 0.25) is 5.91 Å². The molecule has 0 bridgehead atoms. The van der Waals surface area contributed by atoms with E-state index in [4.69, 9.17) is 0 Å². The SMILES string of the molecule is Cc1scc(-c2nnc(SCC(=O)Nc3cccc(C(F)(F)F)c3)n2C(C)C)c1C. The van der Waals surface area contributed by atoms with Crippen molar-refractivity contribution in [2.75, 3.05) is 11.1 Å². The van der Waals surface area contributed by atoms with Crippen LogP contribution in [0, 0.1) is 13.8 Å². The van der Waals surface area contributed by atoms with E-state index in [2.05, 4.69) is 15.5 Å². The van der Waals surface area contributed by atoms with E-state index < -0.39 is 17.6 Å². The fourth-order valence-corrected chi connectivity index (χ4v) is 4.59. The molecule has 30 heavy (non-hydrogen) atoms. The number of rotatable bonds is 6.